The first kappa shape index (κ1) is 17.0. The quantitative estimate of drug-likeness (QED) is 0.774. The van der Waals surface area contributed by atoms with Crippen molar-refractivity contribution in [2.24, 2.45) is 0 Å². The zero-order chi connectivity index (χ0) is 18.0. The Kier molecular flexibility index (Phi) is 4.49. The molecule has 0 saturated carbocycles. The average molecular weight is 337 g/mol. The highest BCUT2D eigenvalue weighted by Gasteiger charge is 2.15. The summed E-state index contributed by atoms with van der Waals surface area (Å²) in [6.45, 7) is 8.00. The maximum absolute atomic E-state index is 11.8. The Bertz CT molecular complexity index is 889. The lowest BCUT2D eigenvalue weighted by molar-refractivity contribution is 0.0523. The number of nitrogens with one attached hydrogen (secondary N) is 1. The Morgan fingerprint density at radius 2 is 1.84 bits per heavy atom. The van der Waals surface area contributed by atoms with Crippen molar-refractivity contribution < 1.29 is 9.53 Å². The number of aryl methyl sites for hydroxylation is 1. The Morgan fingerprint density at radius 1 is 1.12 bits per heavy atom. The van der Waals surface area contributed by atoms with Crippen LogP contribution in [0.5, 0.6) is 0 Å². The summed E-state index contributed by atoms with van der Waals surface area (Å²) in [6.07, 6.45) is 3.55. The van der Waals surface area contributed by atoms with Crippen LogP contribution in [-0.4, -0.2) is 21.1 Å². The van der Waals surface area contributed by atoms with E-state index in [4.69, 9.17) is 4.74 Å². The second kappa shape index (κ2) is 6.59. The molecule has 0 unspecified atom stereocenters. The first-order valence-corrected chi connectivity index (χ1v) is 8.32. The molecule has 5 heteroatoms. The molecule has 3 rings (SSSR count). The topological polar surface area (TPSA) is 55.6 Å². The minimum Gasteiger partial charge on any atom is -0.444 e. The van der Waals surface area contributed by atoms with Crippen molar-refractivity contribution >= 4 is 11.7 Å². The number of nitrogens with zero attached hydrogens (tertiary/aromatic N) is 2. The number of hydrogen-bond acceptors (Lipinski definition) is 3. The molecule has 0 fully saturated rings. The fraction of sp³-hybridized carbons (Fsp3) is 0.300. The highest BCUT2D eigenvalue weighted by molar-refractivity contribution is 5.67. The number of benzene rings is 1. The van der Waals surface area contributed by atoms with Gasteiger partial charge < -0.3 is 14.5 Å². The summed E-state index contributed by atoms with van der Waals surface area (Å²) >= 11 is 0. The number of pyridine rings is 1. The van der Waals surface area contributed by atoms with Gasteiger partial charge in [0.1, 0.15) is 11.2 Å². The molecule has 3 aromatic rings. The lowest BCUT2D eigenvalue weighted by atomic mass is 10.1. The van der Waals surface area contributed by atoms with Gasteiger partial charge in [-0.3, -0.25) is 0 Å². The molecule has 1 amide bonds. The molecule has 0 saturated heterocycles. The summed E-state index contributed by atoms with van der Waals surface area (Å²) < 4.78 is 7.22. The lowest BCUT2D eigenvalue weighted by Gasteiger charge is -2.19. The van der Waals surface area contributed by atoms with Gasteiger partial charge in [-0.1, -0.05) is 35.9 Å². The van der Waals surface area contributed by atoms with Crippen LogP contribution in [-0.2, 0) is 11.3 Å². The van der Waals surface area contributed by atoms with E-state index in [2.05, 4.69) is 41.5 Å². The molecular weight excluding hydrogens is 314 g/mol. The van der Waals surface area contributed by atoms with Gasteiger partial charge in [0.25, 0.3) is 0 Å². The molecule has 0 atom stereocenters. The average Bonchev–Trinajstić information content (AvgIpc) is 2.95. The number of amides is 1. The molecule has 0 radical (unpaired) electrons. The van der Waals surface area contributed by atoms with E-state index in [-0.39, 0.29) is 0 Å². The van der Waals surface area contributed by atoms with Crippen LogP contribution in [0.2, 0.25) is 0 Å². The van der Waals surface area contributed by atoms with Crippen molar-refractivity contribution in [3.8, 4) is 11.3 Å². The Balaban J connectivity index is 1.74. The number of carbonyl (C=O) groups excluding carboxylic acids is 1. The second-order valence-corrected chi connectivity index (χ2v) is 7.15. The first-order valence-electron chi connectivity index (χ1n) is 8.32. The van der Waals surface area contributed by atoms with Gasteiger partial charge in [0.15, 0.2) is 0 Å². The zero-order valence-corrected chi connectivity index (χ0v) is 15.0. The van der Waals surface area contributed by atoms with Crippen molar-refractivity contribution in [3.05, 3.63) is 59.9 Å². The van der Waals surface area contributed by atoms with E-state index in [1.807, 2.05) is 49.7 Å². The fourth-order valence-corrected chi connectivity index (χ4v) is 2.49. The van der Waals surface area contributed by atoms with Gasteiger partial charge in [0.2, 0.25) is 0 Å². The molecule has 2 heterocycles. The standard InChI is InChI=1S/C20H23N3O2/c1-14-5-8-16(9-6-14)17-13-23-12-15(7-10-18(23)22-17)11-21-19(24)25-20(2,3)4/h5-10,12-13H,11H2,1-4H3,(H,21,24). The molecule has 0 aliphatic heterocycles. The molecule has 130 valence electrons. The van der Waals surface area contributed by atoms with E-state index in [9.17, 15) is 4.79 Å². The van der Waals surface area contributed by atoms with Gasteiger partial charge in [-0.25, -0.2) is 9.78 Å². The highest BCUT2D eigenvalue weighted by atomic mass is 16.6. The third kappa shape index (κ3) is 4.38. The van der Waals surface area contributed by atoms with Gasteiger partial charge in [-0.2, -0.15) is 0 Å². The van der Waals surface area contributed by atoms with Crippen LogP contribution in [0, 0.1) is 6.92 Å². The van der Waals surface area contributed by atoms with Crippen LogP contribution in [0.15, 0.2) is 48.8 Å². The third-order valence-corrected chi connectivity index (χ3v) is 3.70. The molecule has 1 aromatic carbocycles. The number of rotatable bonds is 3. The van der Waals surface area contributed by atoms with Crippen molar-refractivity contribution in [2.75, 3.05) is 0 Å². The Hall–Kier alpha value is -2.82. The van der Waals surface area contributed by atoms with E-state index in [0.717, 1.165) is 22.5 Å². The summed E-state index contributed by atoms with van der Waals surface area (Å²) in [4.78, 5) is 16.4. The van der Waals surface area contributed by atoms with Crippen LogP contribution >= 0.6 is 0 Å². The minimum absolute atomic E-state index is 0.406. The van der Waals surface area contributed by atoms with Crippen molar-refractivity contribution in [3.63, 3.8) is 0 Å². The normalized spacial score (nSPS) is 11.5. The number of fused-ring (bicyclic) bond motifs is 1. The van der Waals surface area contributed by atoms with Gasteiger partial charge in [-0.15, -0.1) is 0 Å². The molecule has 0 aliphatic rings. The molecule has 0 spiro atoms. The van der Waals surface area contributed by atoms with E-state index in [1.165, 1.54) is 5.56 Å². The summed E-state index contributed by atoms with van der Waals surface area (Å²) in [5.41, 5.74) is 4.59. The van der Waals surface area contributed by atoms with Gasteiger partial charge in [-0.05, 0) is 39.3 Å². The Morgan fingerprint density at radius 3 is 2.52 bits per heavy atom. The highest BCUT2D eigenvalue weighted by Crippen LogP contribution is 2.20. The largest absolute Gasteiger partial charge is 0.444 e. The molecule has 0 aliphatic carbocycles. The molecule has 5 nitrogen and oxygen atoms in total. The number of aromatic nitrogens is 2. The maximum Gasteiger partial charge on any atom is 0.407 e. The SMILES string of the molecule is Cc1ccc(-c2cn3cc(CNC(=O)OC(C)(C)C)ccc3n2)cc1. The van der Waals surface area contributed by atoms with E-state index in [0.29, 0.717) is 6.54 Å². The van der Waals surface area contributed by atoms with Crippen molar-refractivity contribution in [1.29, 1.82) is 0 Å². The summed E-state index contributed by atoms with van der Waals surface area (Å²) in [5, 5.41) is 2.77. The number of hydrogen-bond donors (Lipinski definition) is 1. The molecule has 2 aromatic heterocycles. The predicted molar refractivity (Wildman–Crippen MR) is 98.4 cm³/mol. The number of ether oxygens (including phenoxy) is 1. The maximum atomic E-state index is 11.8. The summed E-state index contributed by atoms with van der Waals surface area (Å²) in [5.74, 6) is 0. The van der Waals surface area contributed by atoms with Gasteiger partial charge in [0.05, 0.1) is 5.69 Å². The van der Waals surface area contributed by atoms with Crippen LogP contribution in [0.1, 0.15) is 31.9 Å². The second-order valence-electron chi connectivity index (χ2n) is 7.15. The fourth-order valence-electron chi connectivity index (χ4n) is 2.49. The lowest BCUT2D eigenvalue weighted by Crippen LogP contribution is -2.32. The summed E-state index contributed by atoms with van der Waals surface area (Å²) in [6, 6.07) is 12.2. The Labute approximate surface area is 147 Å². The monoisotopic (exact) mass is 337 g/mol. The van der Waals surface area contributed by atoms with E-state index < -0.39 is 11.7 Å². The molecule has 0 bridgehead atoms. The zero-order valence-electron chi connectivity index (χ0n) is 15.0. The van der Waals surface area contributed by atoms with Gasteiger partial charge in [0, 0.05) is 24.5 Å². The number of imidazole rings is 1. The minimum atomic E-state index is -0.499. The predicted octanol–water partition coefficient (Wildman–Crippen LogP) is 4.33. The first-order chi connectivity index (χ1) is 11.8. The van der Waals surface area contributed by atoms with Crippen LogP contribution in [0.4, 0.5) is 4.79 Å². The third-order valence-electron chi connectivity index (χ3n) is 3.70. The molecular formula is C20H23N3O2. The van der Waals surface area contributed by atoms with Crippen LogP contribution in [0.25, 0.3) is 16.9 Å². The van der Waals surface area contributed by atoms with Crippen molar-refractivity contribution in [2.45, 2.75) is 39.8 Å². The van der Waals surface area contributed by atoms with Crippen LogP contribution in [0.3, 0.4) is 0 Å². The summed E-state index contributed by atoms with van der Waals surface area (Å²) in [7, 11) is 0. The van der Waals surface area contributed by atoms with Gasteiger partial charge >= 0.3 is 6.09 Å². The van der Waals surface area contributed by atoms with Crippen LogP contribution < -0.4 is 5.32 Å². The molecule has 1 N–H and O–H groups in total. The number of alkyl carbamates (subject to hydrolysis) is 1. The molecule has 25 heavy (non-hydrogen) atoms. The van der Waals surface area contributed by atoms with Crippen molar-refractivity contribution in [1.82, 2.24) is 14.7 Å². The smallest absolute Gasteiger partial charge is 0.407 e. The van der Waals surface area contributed by atoms with E-state index in [1.54, 1.807) is 0 Å². The van der Waals surface area contributed by atoms with E-state index >= 15 is 0 Å². The number of carbonyl (C=O) groups is 1.